The van der Waals surface area contributed by atoms with Crippen molar-refractivity contribution in [2.24, 2.45) is 0 Å². The number of carbonyl (C=O) groups is 1. The summed E-state index contributed by atoms with van der Waals surface area (Å²) in [6.07, 6.45) is -3.17. The second-order valence-corrected chi connectivity index (χ2v) is 4.86. The molecule has 1 aromatic heterocycles. The van der Waals surface area contributed by atoms with Crippen LogP contribution in [0, 0.1) is 0 Å². The van der Waals surface area contributed by atoms with Gasteiger partial charge in [-0.25, -0.2) is 4.98 Å². The van der Waals surface area contributed by atoms with Crippen molar-refractivity contribution < 1.29 is 22.7 Å². The largest absolute Gasteiger partial charge is 0.467 e. The Hall–Kier alpha value is -1.83. The minimum absolute atomic E-state index is 0.0614. The second-order valence-electron chi connectivity index (χ2n) is 4.86. The van der Waals surface area contributed by atoms with E-state index in [-0.39, 0.29) is 17.4 Å². The summed E-state index contributed by atoms with van der Waals surface area (Å²) in [5.41, 5.74) is 0.0614. The van der Waals surface area contributed by atoms with Crippen LogP contribution in [-0.2, 0) is 0 Å². The third-order valence-corrected chi connectivity index (χ3v) is 3.16. The first kappa shape index (κ1) is 15.6. The van der Waals surface area contributed by atoms with Gasteiger partial charge < -0.3 is 14.5 Å². The third kappa shape index (κ3) is 4.32. The Kier molecular flexibility index (Phi) is 4.66. The minimum Gasteiger partial charge on any atom is -0.467 e. The van der Waals surface area contributed by atoms with Gasteiger partial charge in [0.15, 0.2) is 6.61 Å². The van der Waals surface area contributed by atoms with Gasteiger partial charge >= 0.3 is 6.18 Å². The van der Waals surface area contributed by atoms with Crippen molar-refractivity contribution in [1.29, 1.82) is 0 Å². The van der Waals surface area contributed by atoms with Crippen molar-refractivity contribution in [3.05, 3.63) is 23.9 Å². The molecule has 0 aromatic carbocycles. The molecule has 2 heterocycles. The van der Waals surface area contributed by atoms with E-state index in [0.717, 1.165) is 13.1 Å². The molecule has 0 radical (unpaired) electrons. The van der Waals surface area contributed by atoms with Crippen molar-refractivity contribution in [3.63, 3.8) is 0 Å². The Balaban J connectivity index is 2.10. The highest BCUT2D eigenvalue weighted by Crippen LogP contribution is 2.21. The summed E-state index contributed by atoms with van der Waals surface area (Å²) in [6, 6.07) is 2.93. The molecule has 1 saturated heterocycles. The van der Waals surface area contributed by atoms with Crippen molar-refractivity contribution in [2.45, 2.75) is 6.18 Å². The molecule has 116 valence electrons. The molecule has 0 atom stereocenters. The van der Waals surface area contributed by atoms with E-state index >= 15 is 0 Å². The molecule has 0 saturated carbocycles. The summed E-state index contributed by atoms with van der Waals surface area (Å²) < 4.78 is 41.3. The summed E-state index contributed by atoms with van der Waals surface area (Å²) in [5, 5.41) is 0. The number of rotatable bonds is 3. The molecule has 2 rings (SSSR count). The van der Waals surface area contributed by atoms with E-state index in [9.17, 15) is 18.0 Å². The first-order chi connectivity index (χ1) is 9.87. The van der Waals surface area contributed by atoms with Crippen LogP contribution in [0.15, 0.2) is 18.3 Å². The van der Waals surface area contributed by atoms with Gasteiger partial charge in [0.25, 0.3) is 5.91 Å². The topological polar surface area (TPSA) is 45.7 Å². The molecule has 1 amide bonds. The van der Waals surface area contributed by atoms with Crippen molar-refractivity contribution in [2.75, 3.05) is 39.8 Å². The van der Waals surface area contributed by atoms with Gasteiger partial charge in [-0.05, 0) is 19.2 Å². The Labute approximate surface area is 120 Å². The highest BCUT2D eigenvalue weighted by Gasteiger charge is 2.30. The quantitative estimate of drug-likeness (QED) is 0.847. The van der Waals surface area contributed by atoms with Gasteiger partial charge in [-0.1, -0.05) is 0 Å². The van der Waals surface area contributed by atoms with Crippen LogP contribution in [0.3, 0.4) is 0 Å². The third-order valence-electron chi connectivity index (χ3n) is 3.16. The predicted octanol–water partition coefficient (Wildman–Crippen LogP) is 1.41. The van der Waals surface area contributed by atoms with Crippen molar-refractivity contribution in [3.8, 4) is 5.88 Å². The highest BCUT2D eigenvalue weighted by atomic mass is 19.4. The number of alkyl halides is 3. The number of hydrogen-bond acceptors (Lipinski definition) is 4. The fourth-order valence-corrected chi connectivity index (χ4v) is 2.00. The number of halogens is 3. The lowest BCUT2D eigenvalue weighted by molar-refractivity contribution is -0.154. The Morgan fingerprint density at radius 2 is 2.00 bits per heavy atom. The minimum atomic E-state index is -4.47. The fourth-order valence-electron chi connectivity index (χ4n) is 2.00. The van der Waals surface area contributed by atoms with Gasteiger partial charge in [0.1, 0.15) is 5.56 Å². The first-order valence-electron chi connectivity index (χ1n) is 6.49. The zero-order valence-electron chi connectivity index (χ0n) is 11.6. The van der Waals surface area contributed by atoms with E-state index in [0.29, 0.717) is 13.1 Å². The number of carbonyl (C=O) groups excluding carboxylic acids is 1. The number of piperazine rings is 1. The Bertz CT molecular complexity index is 500. The van der Waals surface area contributed by atoms with Gasteiger partial charge in [0, 0.05) is 32.4 Å². The summed E-state index contributed by atoms with van der Waals surface area (Å²) in [5.74, 6) is -0.632. The van der Waals surface area contributed by atoms with Gasteiger partial charge in [-0.3, -0.25) is 4.79 Å². The lowest BCUT2D eigenvalue weighted by Crippen LogP contribution is -2.47. The van der Waals surface area contributed by atoms with Gasteiger partial charge in [-0.15, -0.1) is 0 Å². The molecule has 0 aliphatic carbocycles. The summed E-state index contributed by atoms with van der Waals surface area (Å²) >= 11 is 0. The molecule has 1 fully saturated rings. The normalized spacial score (nSPS) is 16.9. The van der Waals surface area contributed by atoms with E-state index in [1.54, 1.807) is 4.90 Å². The van der Waals surface area contributed by atoms with Crippen LogP contribution >= 0.6 is 0 Å². The average molecular weight is 303 g/mol. The van der Waals surface area contributed by atoms with Gasteiger partial charge in [0.05, 0.1) is 0 Å². The second kappa shape index (κ2) is 6.30. The van der Waals surface area contributed by atoms with E-state index in [1.807, 2.05) is 7.05 Å². The van der Waals surface area contributed by atoms with Crippen LogP contribution in [0.2, 0.25) is 0 Å². The van der Waals surface area contributed by atoms with Crippen molar-refractivity contribution in [1.82, 2.24) is 14.8 Å². The maximum atomic E-state index is 12.4. The SMILES string of the molecule is CN1CCN(C(=O)c2cccnc2OCC(F)(F)F)CC1. The van der Waals surface area contributed by atoms with Crippen LogP contribution < -0.4 is 4.74 Å². The van der Waals surface area contributed by atoms with Gasteiger partial charge in [0.2, 0.25) is 5.88 Å². The first-order valence-corrected chi connectivity index (χ1v) is 6.49. The van der Waals surface area contributed by atoms with Crippen LogP contribution in [0.4, 0.5) is 13.2 Å². The molecule has 0 unspecified atom stereocenters. The summed E-state index contributed by atoms with van der Waals surface area (Å²) in [4.78, 5) is 19.8. The molecule has 0 N–H and O–H groups in total. The molecule has 5 nitrogen and oxygen atoms in total. The summed E-state index contributed by atoms with van der Waals surface area (Å²) in [7, 11) is 1.95. The molecular formula is C13H16F3N3O2. The Morgan fingerprint density at radius 1 is 1.33 bits per heavy atom. The summed E-state index contributed by atoms with van der Waals surface area (Å²) in [6.45, 7) is 1.05. The number of likely N-dealkylation sites (N-methyl/N-ethyl adjacent to an activating group) is 1. The maximum Gasteiger partial charge on any atom is 0.422 e. The van der Waals surface area contributed by atoms with E-state index in [1.165, 1.54) is 18.3 Å². The van der Waals surface area contributed by atoms with Crippen LogP contribution in [-0.4, -0.2) is 66.7 Å². The number of hydrogen-bond donors (Lipinski definition) is 0. The zero-order valence-corrected chi connectivity index (χ0v) is 11.6. The molecule has 8 heteroatoms. The number of amides is 1. The van der Waals surface area contributed by atoms with Crippen LogP contribution in [0.5, 0.6) is 5.88 Å². The van der Waals surface area contributed by atoms with E-state index in [4.69, 9.17) is 0 Å². The van der Waals surface area contributed by atoms with E-state index < -0.39 is 12.8 Å². The Morgan fingerprint density at radius 3 is 2.62 bits per heavy atom. The molecule has 0 bridgehead atoms. The molecule has 1 aliphatic heterocycles. The monoisotopic (exact) mass is 303 g/mol. The molecule has 21 heavy (non-hydrogen) atoms. The molecule has 1 aromatic rings. The molecule has 1 aliphatic rings. The molecule has 0 spiro atoms. The predicted molar refractivity (Wildman–Crippen MR) is 69.2 cm³/mol. The number of ether oxygens (including phenoxy) is 1. The van der Waals surface area contributed by atoms with Crippen LogP contribution in [0.1, 0.15) is 10.4 Å². The smallest absolute Gasteiger partial charge is 0.422 e. The lowest BCUT2D eigenvalue weighted by atomic mass is 10.2. The number of pyridine rings is 1. The fraction of sp³-hybridized carbons (Fsp3) is 0.538. The number of aromatic nitrogens is 1. The average Bonchev–Trinajstić information content (AvgIpc) is 2.45. The standard InChI is InChI=1S/C13H16F3N3O2/c1-18-5-7-19(8-6-18)12(20)10-3-2-4-17-11(10)21-9-13(14,15)16/h2-4H,5-9H2,1H3. The number of nitrogens with zero attached hydrogens (tertiary/aromatic N) is 3. The highest BCUT2D eigenvalue weighted by molar-refractivity contribution is 5.96. The van der Waals surface area contributed by atoms with Gasteiger partial charge in [-0.2, -0.15) is 13.2 Å². The zero-order chi connectivity index (χ0) is 15.5. The van der Waals surface area contributed by atoms with E-state index in [2.05, 4.69) is 14.6 Å². The van der Waals surface area contributed by atoms with Crippen LogP contribution in [0.25, 0.3) is 0 Å². The van der Waals surface area contributed by atoms with Crippen molar-refractivity contribution >= 4 is 5.91 Å². The maximum absolute atomic E-state index is 12.4. The molecular weight excluding hydrogens is 287 g/mol. The lowest BCUT2D eigenvalue weighted by Gasteiger charge is -2.32.